The molecule has 108 valence electrons. The third kappa shape index (κ3) is 3.68. The van der Waals surface area contributed by atoms with Crippen LogP contribution in [0.3, 0.4) is 0 Å². The monoisotopic (exact) mass is 352 g/mol. The summed E-state index contributed by atoms with van der Waals surface area (Å²) in [6.07, 6.45) is 0.795. The molecule has 0 aliphatic carbocycles. The summed E-state index contributed by atoms with van der Waals surface area (Å²) in [5, 5.41) is 3.26. The molecule has 0 spiro atoms. The number of nitrogens with two attached hydrogens (primary N) is 1. The molecule has 0 fully saturated rings. The second-order valence-corrected chi connectivity index (χ2v) is 8.05. The SMILES string of the molecule is Cc1cc(Br)ccc1C(N)Cc1nc(C(C)(C)C)cs1. The quantitative estimate of drug-likeness (QED) is 0.865. The number of rotatable bonds is 3. The maximum atomic E-state index is 6.35. The van der Waals surface area contributed by atoms with Crippen molar-refractivity contribution >= 4 is 27.3 Å². The van der Waals surface area contributed by atoms with Crippen molar-refractivity contribution in [2.24, 2.45) is 5.73 Å². The third-order valence-electron chi connectivity index (χ3n) is 3.35. The summed E-state index contributed by atoms with van der Waals surface area (Å²) in [5.74, 6) is 0. The van der Waals surface area contributed by atoms with Crippen molar-refractivity contribution in [3.63, 3.8) is 0 Å². The van der Waals surface area contributed by atoms with Crippen LogP contribution in [0.5, 0.6) is 0 Å². The number of thiazole rings is 1. The lowest BCUT2D eigenvalue weighted by Crippen LogP contribution is -2.15. The Bertz CT molecular complexity index is 599. The first kappa shape index (κ1) is 15.7. The first-order valence-electron chi connectivity index (χ1n) is 6.74. The molecule has 1 atom stereocenters. The molecule has 1 unspecified atom stereocenters. The Hall–Kier alpha value is -0.710. The lowest BCUT2D eigenvalue weighted by molar-refractivity contribution is 0.569. The summed E-state index contributed by atoms with van der Waals surface area (Å²) >= 11 is 5.19. The van der Waals surface area contributed by atoms with Crippen LogP contribution in [-0.2, 0) is 11.8 Å². The smallest absolute Gasteiger partial charge is 0.0947 e. The summed E-state index contributed by atoms with van der Waals surface area (Å²) in [5.41, 5.74) is 10.0. The van der Waals surface area contributed by atoms with Crippen LogP contribution in [0.2, 0.25) is 0 Å². The van der Waals surface area contributed by atoms with Gasteiger partial charge in [0.1, 0.15) is 0 Å². The zero-order chi connectivity index (χ0) is 14.9. The molecule has 1 aromatic heterocycles. The minimum Gasteiger partial charge on any atom is -0.324 e. The van der Waals surface area contributed by atoms with Crippen LogP contribution in [0.4, 0.5) is 0 Å². The van der Waals surface area contributed by atoms with Crippen LogP contribution in [0.15, 0.2) is 28.1 Å². The summed E-state index contributed by atoms with van der Waals surface area (Å²) in [6.45, 7) is 8.66. The van der Waals surface area contributed by atoms with E-state index in [9.17, 15) is 0 Å². The number of halogens is 1. The van der Waals surface area contributed by atoms with Gasteiger partial charge in [0.2, 0.25) is 0 Å². The highest BCUT2D eigenvalue weighted by Crippen LogP contribution is 2.27. The molecular weight excluding hydrogens is 332 g/mol. The third-order valence-corrected chi connectivity index (χ3v) is 4.71. The van der Waals surface area contributed by atoms with Gasteiger partial charge in [-0.25, -0.2) is 4.98 Å². The molecule has 1 aromatic carbocycles. The summed E-state index contributed by atoms with van der Waals surface area (Å²) in [6, 6.07) is 6.26. The molecule has 2 N–H and O–H groups in total. The van der Waals surface area contributed by atoms with Crippen LogP contribution in [0, 0.1) is 6.92 Å². The second kappa shape index (κ2) is 5.96. The van der Waals surface area contributed by atoms with E-state index >= 15 is 0 Å². The molecule has 2 aromatic rings. The van der Waals surface area contributed by atoms with E-state index in [1.54, 1.807) is 11.3 Å². The van der Waals surface area contributed by atoms with Gasteiger partial charge in [-0.05, 0) is 30.2 Å². The van der Waals surface area contributed by atoms with Crippen molar-refractivity contribution in [3.05, 3.63) is 49.9 Å². The fraction of sp³-hybridized carbons (Fsp3) is 0.438. The van der Waals surface area contributed by atoms with Crippen molar-refractivity contribution in [1.29, 1.82) is 0 Å². The Morgan fingerprint density at radius 1 is 1.35 bits per heavy atom. The molecular formula is C16H21BrN2S. The van der Waals surface area contributed by atoms with E-state index in [0.29, 0.717) is 0 Å². The van der Waals surface area contributed by atoms with E-state index in [1.165, 1.54) is 11.1 Å². The fourth-order valence-corrected chi connectivity index (χ4v) is 3.66. The van der Waals surface area contributed by atoms with E-state index in [0.717, 1.165) is 21.6 Å². The maximum Gasteiger partial charge on any atom is 0.0947 e. The number of hydrogen-bond acceptors (Lipinski definition) is 3. The van der Waals surface area contributed by atoms with Crippen molar-refractivity contribution in [2.45, 2.75) is 45.6 Å². The Labute approximate surface area is 133 Å². The molecule has 2 nitrogen and oxygen atoms in total. The number of aryl methyl sites for hydroxylation is 1. The van der Waals surface area contributed by atoms with Gasteiger partial charge in [0.15, 0.2) is 0 Å². The second-order valence-electron chi connectivity index (χ2n) is 6.19. The summed E-state index contributed by atoms with van der Waals surface area (Å²) in [4.78, 5) is 4.72. The largest absolute Gasteiger partial charge is 0.324 e. The molecule has 0 aliphatic rings. The molecule has 0 amide bonds. The first-order valence-corrected chi connectivity index (χ1v) is 8.41. The molecule has 0 saturated carbocycles. The number of aromatic nitrogens is 1. The van der Waals surface area contributed by atoms with Crippen LogP contribution in [0.1, 0.15) is 48.6 Å². The van der Waals surface area contributed by atoms with Gasteiger partial charge < -0.3 is 5.73 Å². The molecule has 4 heteroatoms. The van der Waals surface area contributed by atoms with Gasteiger partial charge in [-0.1, -0.05) is 42.8 Å². The molecule has 0 saturated heterocycles. The normalized spacial score (nSPS) is 13.5. The van der Waals surface area contributed by atoms with Gasteiger partial charge in [0, 0.05) is 27.7 Å². The minimum atomic E-state index is 0.00192. The predicted molar refractivity (Wildman–Crippen MR) is 90.3 cm³/mol. The van der Waals surface area contributed by atoms with Crippen molar-refractivity contribution in [1.82, 2.24) is 4.98 Å². The van der Waals surface area contributed by atoms with Crippen LogP contribution in [0.25, 0.3) is 0 Å². The highest BCUT2D eigenvalue weighted by molar-refractivity contribution is 9.10. The number of benzene rings is 1. The molecule has 0 aliphatic heterocycles. The Balaban J connectivity index is 2.15. The molecule has 2 rings (SSSR count). The summed E-state index contributed by atoms with van der Waals surface area (Å²) in [7, 11) is 0. The van der Waals surface area contributed by atoms with Gasteiger partial charge in [-0.3, -0.25) is 0 Å². The lowest BCUT2D eigenvalue weighted by atomic mass is 9.93. The molecule has 0 bridgehead atoms. The van der Waals surface area contributed by atoms with Crippen LogP contribution in [-0.4, -0.2) is 4.98 Å². The minimum absolute atomic E-state index is 0.00192. The van der Waals surface area contributed by atoms with E-state index in [2.05, 4.69) is 61.1 Å². The van der Waals surface area contributed by atoms with Gasteiger partial charge in [-0.15, -0.1) is 11.3 Å². The zero-order valence-corrected chi connectivity index (χ0v) is 14.8. The van der Waals surface area contributed by atoms with E-state index in [4.69, 9.17) is 10.7 Å². The van der Waals surface area contributed by atoms with E-state index in [-0.39, 0.29) is 11.5 Å². The Kier molecular flexibility index (Phi) is 4.67. The number of nitrogens with zero attached hydrogens (tertiary/aromatic N) is 1. The van der Waals surface area contributed by atoms with Crippen molar-refractivity contribution in [3.8, 4) is 0 Å². The van der Waals surface area contributed by atoms with E-state index in [1.807, 2.05) is 6.07 Å². The highest BCUT2D eigenvalue weighted by atomic mass is 79.9. The Morgan fingerprint density at radius 2 is 2.05 bits per heavy atom. The highest BCUT2D eigenvalue weighted by Gasteiger charge is 2.19. The first-order chi connectivity index (χ1) is 9.27. The Morgan fingerprint density at radius 3 is 2.60 bits per heavy atom. The molecule has 20 heavy (non-hydrogen) atoms. The predicted octanol–water partition coefficient (Wildman–Crippen LogP) is 4.75. The zero-order valence-electron chi connectivity index (χ0n) is 12.4. The fourth-order valence-electron chi connectivity index (χ4n) is 2.10. The lowest BCUT2D eigenvalue weighted by Gasteiger charge is -2.15. The molecule has 1 heterocycles. The maximum absolute atomic E-state index is 6.35. The van der Waals surface area contributed by atoms with Crippen molar-refractivity contribution in [2.75, 3.05) is 0 Å². The topological polar surface area (TPSA) is 38.9 Å². The van der Waals surface area contributed by atoms with Crippen LogP contribution >= 0.6 is 27.3 Å². The average Bonchev–Trinajstić information content (AvgIpc) is 2.76. The average molecular weight is 353 g/mol. The van der Waals surface area contributed by atoms with Gasteiger partial charge in [0.05, 0.1) is 10.7 Å². The van der Waals surface area contributed by atoms with E-state index < -0.39 is 0 Å². The molecule has 0 radical (unpaired) electrons. The standard InChI is InChI=1S/C16H21BrN2S/c1-10-7-11(17)5-6-12(10)13(18)8-15-19-14(9-20-15)16(2,3)4/h5-7,9,13H,8,18H2,1-4H3. The summed E-state index contributed by atoms with van der Waals surface area (Å²) < 4.78 is 1.09. The van der Waals surface area contributed by atoms with Gasteiger partial charge in [0.25, 0.3) is 0 Å². The van der Waals surface area contributed by atoms with Crippen molar-refractivity contribution < 1.29 is 0 Å². The van der Waals surface area contributed by atoms with Gasteiger partial charge in [-0.2, -0.15) is 0 Å². The van der Waals surface area contributed by atoms with Crippen LogP contribution < -0.4 is 5.73 Å². The van der Waals surface area contributed by atoms with Gasteiger partial charge >= 0.3 is 0 Å². The number of hydrogen-bond donors (Lipinski definition) is 1.